The topological polar surface area (TPSA) is 46.6 Å². The number of ether oxygens (including phenoxy) is 1. The molecule has 1 saturated heterocycles. The van der Waals surface area contributed by atoms with Crippen molar-refractivity contribution in [2.45, 2.75) is 112 Å². The molecule has 1 unspecified atom stereocenters. The van der Waals surface area contributed by atoms with Crippen LogP contribution in [0.5, 0.6) is 0 Å². The third kappa shape index (κ3) is 5.22. The molecule has 2 rings (SSSR count). The maximum atomic E-state index is 13.5. The van der Waals surface area contributed by atoms with E-state index in [1.807, 2.05) is 20.8 Å². The Morgan fingerprint density at radius 3 is 2.10 bits per heavy atom. The Bertz CT molecular complexity index is 641. The van der Waals surface area contributed by atoms with E-state index in [0.717, 1.165) is 10.9 Å². The molecule has 1 atom stereocenters. The summed E-state index contributed by atoms with van der Waals surface area (Å²) in [7, 11) is 0. The molecule has 5 heteroatoms. The predicted molar refractivity (Wildman–Crippen MR) is 123 cm³/mol. The molecule has 0 N–H and O–H groups in total. The van der Waals surface area contributed by atoms with Crippen LogP contribution in [0.15, 0.2) is 9.16 Å². The minimum absolute atomic E-state index is 0.00215. The van der Waals surface area contributed by atoms with Crippen molar-refractivity contribution in [3.8, 4) is 0 Å². The van der Waals surface area contributed by atoms with Gasteiger partial charge in [-0.1, -0.05) is 0 Å². The van der Waals surface area contributed by atoms with Crippen LogP contribution in [0.1, 0.15) is 93.4 Å². The van der Waals surface area contributed by atoms with Gasteiger partial charge in [-0.25, -0.2) is 0 Å². The average Bonchev–Trinajstić information content (AvgIpc) is 3.02. The summed E-state index contributed by atoms with van der Waals surface area (Å²) in [6, 6.07) is 0. The number of unbranched alkanes of at least 4 members (excludes halogenated alkanes) is 3. The fraction of sp³-hybridized carbons (Fsp3) is 0.833. The molecule has 0 aliphatic carbocycles. The molecule has 0 aromatic heterocycles. The van der Waals surface area contributed by atoms with Crippen molar-refractivity contribution in [1.29, 1.82) is 0 Å². The Morgan fingerprint density at radius 1 is 1.07 bits per heavy atom. The Morgan fingerprint density at radius 2 is 1.62 bits per heavy atom. The molecule has 29 heavy (non-hydrogen) atoms. The maximum absolute atomic E-state index is 13.5. The van der Waals surface area contributed by atoms with E-state index >= 15 is 0 Å². The van der Waals surface area contributed by atoms with Gasteiger partial charge in [0.2, 0.25) is 0 Å². The van der Waals surface area contributed by atoms with Gasteiger partial charge in [-0.2, -0.15) is 0 Å². The Balaban J connectivity index is 2.44. The summed E-state index contributed by atoms with van der Waals surface area (Å²) < 4.78 is 11.1. The van der Waals surface area contributed by atoms with Crippen LogP contribution in [-0.4, -0.2) is 47.4 Å². The van der Waals surface area contributed by atoms with Crippen LogP contribution < -0.4 is 0 Å². The first-order valence-corrected chi connectivity index (χ1v) is 19.3. The zero-order chi connectivity index (χ0) is 21.9. The fourth-order valence-electron chi connectivity index (χ4n) is 5.41. The number of rotatable bonds is 9. The summed E-state index contributed by atoms with van der Waals surface area (Å²) in [5, 5.41) is 0. The minimum atomic E-state index is -2.62. The quantitative estimate of drug-likeness (QED) is 0.317. The van der Waals surface area contributed by atoms with Gasteiger partial charge in [-0.15, -0.1) is 0 Å². The van der Waals surface area contributed by atoms with Crippen LogP contribution in [0.4, 0.5) is 4.79 Å². The number of hydrogen-bond acceptors (Lipinski definition) is 3. The number of likely N-dealkylation sites (tertiary alicyclic amines) is 1. The summed E-state index contributed by atoms with van der Waals surface area (Å²) in [6.45, 7) is 15.0. The summed E-state index contributed by atoms with van der Waals surface area (Å²) in [4.78, 5) is 27.7. The van der Waals surface area contributed by atoms with Crippen molar-refractivity contribution in [2.75, 3.05) is 6.54 Å². The molecule has 0 radical (unpaired) electrons. The normalized spacial score (nSPS) is 23.7. The third-order valence-electron chi connectivity index (χ3n) is 6.81. The summed E-state index contributed by atoms with van der Waals surface area (Å²) >= 11 is -2.62. The van der Waals surface area contributed by atoms with Crippen LogP contribution in [0.25, 0.3) is 0 Å². The van der Waals surface area contributed by atoms with Gasteiger partial charge in [0.25, 0.3) is 0 Å². The molecule has 0 bridgehead atoms. The van der Waals surface area contributed by atoms with Gasteiger partial charge < -0.3 is 0 Å². The average molecular weight is 512 g/mol. The SMILES string of the molecule is CCCC[C]1=C2CN(C(=O)OC(C)(C)C)C(=O)C2(C)[CH2][Sn]1([CH2]CCC)[CH2]CCC. The number of carbonyl (C=O) groups excluding carboxylic acids is 2. The van der Waals surface area contributed by atoms with Gasteiger partial charge in [0.05, 0.1) is 0 Å². The molecular formula is C24H43NO3Sn. The number of amides is 2. The third-order valence-corrected chi connectivity index (χ3v) is 23.5. The first-order chi connectivity index (χ1) is 13.5. The first-order valence-electron chi connectivity index (χ1n) is 11.8. The fourth-order valence-corrected chi connectivity index (χ4v) is 25.1. The Labute approximate surface area is 182 Å². The number of imide groups is 1. The molecule has 166 valence electrons. The standard InChI is InChI=1S/C16H25NO3.2C4H9.Sn/c1-7-8-9-10-12-11-17(13(18)16(12,5)6)14(19)20-15(2,3)4;2*1-3-4-2;/h5,7-9,11H2,1-4,6H3;2*1,3-4H2,2H3;. The van der Waals surface area contributed by atoms with Crippen molar-refractivity contribution in [1.82, 2.24) is 4.90 Å². The molecule has 2 amide bonds. The Hall–Kier alpha value is -0.521. The molecule has 2 aliphatic rings. The van der Waals surface area contributed by atoms with Crippen LogP contribution >= 0.6 is 0 Å². The molecule has 0 aromatic carbocycles. The van der Waals surface area contributed by atoms with E-state index in [1.54, 1.807) is 3.59 Å². The monoisotopic (exact) mass is 513 g/mol. The second kappa shape index (κ2) is 9.74. The summed E-state index contributed by atoms with van der Waals surface area (Å²) in [5.74, 6) is 0.00215. The van der Waals surface area contributed by atoms with Crippen molar-refractivity contribution in [3.63, 3.8) is 0 Å². The van der Waals surface area contributed by atoms with E-state index in [0.29, 0.717) is 6.54 Å². The van der Waals surface area contributed by atoms with E-state index in [-0.39, 0.29) is 5.91 Å². The molecule has 0 saturated carbocycles. The van der Waals surface area contributed by atoms with E-state index in [4.69, 9.17) is 4.74 Å². The Kier molecular flexibility index (Phi) is 8.31. The van der Waals surface area contributed by atoms with Gasteiger partial charge in [-0.3, -0.25) is 0 Å². The van der Waals surface area contributed by atoms with Crippen molar-refractivity contribution >= 4 is 30.4 Å². The zero-order valence-corrected chi connectivity index (χ0v) is 22.8. The van der Waals surface area contributed by atoms with Crippen LogP contribution in [-0.2, 0) is 9.53 Å². The van der Waals surface area contributed by atoms with Gasteiger partial charge >= 0.3 is 183 Å². The zero-order valence-electron chi connectivity index (χ0n) is 20.0. The number of nitrogens with zero attached hydrogens (tertiary/aromatic N) is 1. The van der Waals surface area contributed by atoms with Crippen molar-refractivity contribution in [2.24, 2.45) is 5.41 Å². The molecule has 4 nitrogen and oxygen atoms in total. The van der Waals surface area contributed by atoms with E-state index in [2.05, 4.69) is 27.7 Å². The van der Waals surface area contributed by atoms with Crippen molar-refractivity contribution < 1.29 is 14.3 Å². The van der Waals surface area contributed by atoms with E-state index in [1.165, 1.54) is 57.9 Å². The van der Waals surface area contributed by atoms with Gasteiger partial charge in [0.15, 0.2) is 0 Å². The number of hydrogen-bond donors (Lipinski definition) is 0. The van der Waals surface area contributed by atoms with E-state index < -0.39 is 35.5 Å². The molecular weight excluding hydrogens is 469 g/mol. The van der Waals surface area contributed by atoms with Gasteiger partial charge in [0.1, 0.15) is 0 Å². The first kappa shape index (κ1) is 24.7. The number of fused-ring (bicyclic) bond motifs is 1. The van der Waals surface area contributed by atoms with Gasteiger partial charge in [-0.05, 0) is 0 Å². The van der Waals surface area contributed by atoms with Crippen LogP contribution in [0, 0.1) is 5.41 Å². The second-order valence-electron chi connectivity index (χ2n) is 10.4. The van der Waals surface area contributed by atoms with Crippen LogP contribution in [0.2, 0.25) is 13.3 Å². The molecule has 2 heterocycles. The van der Waals surface area contributed by atoms with E-state index in [9.17, 15) is 9.59 Å². The number of allylic oxidation sites excluding steroid dienone is 1. The summed E-state index contributed by atoms with van der Waals surface area (Å²) in [5.41, 5.74) is 0.294. The molecule has 0 spiro atoms. The predicted octanol–water partition coefficient (Wildman–Crippen LogP) is 6.86. The van der Waals surface area contributed by atoms with Crippen molar-refractivity contribution in [3.05, 3.63) is 9.16 Å². The molecule has 1 fully saturated rings. The van der Waals surface area contributed by atoms with Gasteiger partial charge in [0, 0.05) is 0 Å². The molecule has 0 aromatic rings. The number of carbonyl (C=O) groups is 2. The van der Waals surface area contributed by atoms with Crippen LogP contribution in [0.3, 0.4) is 0 Å². The second-order valence-corrected chi connectivity index (χ2v) is 23.3. The molecule has 2 aliphatic heterocycles. The summed E-state index contributed by atoms with van der Waals surface area (Å²) in [6.07, 6.45) is 8.12.